The van der Waals surface area contributed by atoms with Gasteiger partial charge in [0.25, 0.3) is 0 Å². The summed E-state index contributed by atoms with van der Waals surface area (Å²) in [5, 5.41) is -0.352. The first-order valence-corrected chi connectivity index (χ1v) is 4.18. The summed E-state index contributed by atoms with van der Waals surface area (Å²) >= 11 is 10.7. The van der Waals surface area contributed by atoms with Gasteiger partial charge in [-0.15, -0.1) is 0 Å². The second-order valence-corrected chi connectivity index (χ2v) is 3.08. The van der Waals surface area contributed by atoms with Crippen molar-refractivity contribution in [3.8, 4) is 0 Å². The van der Waals surface area contributed by atoms with Crippen molar-refractivity contribution in [2.24, 2.45) is 0 Å². The summed E-state index contributed by atoms with van der Waals surface area (Å²) in [6, 6.07) is 3.89. The molecule has 0 N–H and O–H groups in total. The predicted molar refractivity (Wildman–Crippen MR) is 51.3 cm³/mol. The van der Waals surface area contributed by atoms with Crippen LogP contribution < -0.4 is 0 Å². The Hall–Kier alpha value is -0.860. The summed E-state index contributed by atoms with van der Waals surface area (Å²) in [7, 11) is 0. The van der Waals surface area contributed by atoms with Crippen molar-refractivity contribution in [1.29, 1.82) is 0 Å². The molecular formula is C9H5Cl2FO. The molecule has 0 unspecified atom stereocenters. The standard InChI is InChI=1S/C9H5Cl2FO/c10-8-5-7(12)3-1-6(8)2-4-9(11)13/h1-5H/b4-2-. The predicted octanol–water partition coefficient (Wildman–Crippen LogP) is 3.26. The molecule has 1 aromatic rings. The minimum atomic E-state index is -0.597. The molecule has 4 heteroatoms. The fraction of sp³-hybridized carbons (Fsp3) is 0. The molecular weight excluding hydrogens is 214 g/mol. The van der Waals surface area contributed by atoms with Crippen LogP contribution in [0.25, 0.3) is 6.08 Å². The van der Waals surface area contributed by atoms with Gasteiger partial charge in [0.05, 0.1) is 5.02 Å². The largest absolute Gasteiger partial charge is 0.276 e. The van der Waals surface area contributed by atoms with Gasteiger partial charge < -0.3 is 0 Å². The Kier molecular flexibility index (Phi) is 3.46. The zero-order chi connectivity index (χ0) is 9.84. The monoisotopic (exact) mass is 218 g/mol. The van der Waals surface area contributed by atoms with Crippen molar-refractivity contribution in [2.75, 3.05) is 0 Å². The van der Waals surface area contributed by atoms with E-state index in [9.17, 15) is 9.18 Å². The molecule has 0 spiro atoms. The molecule has 0 amide bonds. The van der Waals surface area contributed by atoms with Crippen LogP contribution in [0, 0.1) is 5.82 Å². The number of carbonyl (C=O) groups excluding carboxylic acids is 1. The number of hydrogen-bond acceptors (Lipinski definition) is 1. The van der Waals surface area contributed by atoms with E-state index in [0.29, 0.717) is 5.56 Å². The van der Waals surface area contributed by atoms with Gasteiger partial charge >= 0.3 is 0 Å². The van der Waals surface area contributed by atoms with Crippen LogP contribution in [-0.2, 0) is 4.79 Å². The first-order valence-electron chi connectivity index (χ1n) is 3.42. The zero-order valence-corrected chi connectivity index (χ0v) is 7.94. The summed E-state index contributed by atoms with van der Waals surface area (Å²) in [6.45, 7) is 0. The molecule has 1 aromatic carbocycles. The van der Waals surface area contributed by atoms with E-state index in [1.165, 1.54) is 24.3 Å². The van der Waals surface area contributed by atoms with Gasteiger partial charge in [-0.25, -0.2) is 4.39 Å². The molecule has 13 heavy (non-hydrogen) atoms. The van der Waals surface area contributed by atoms with Gasteiger partial charge in [0.2, 0.25) is 5.24 Å². The van der Waals surface area contributed by atoms with Crippen molar-refractivity contribution in [2.45, 2.75) is 0 Å². The van der Waals surface area contributed by atoms with Gasteiger partial charge in [0, 0.05) is 0 Å². The molecule has 0 fully saturated rings. The average Bonchev–Trinajstić information content (AvgIpc) is 2.02. The van der Waals surface area contributed by atoms with E-state index in [4.69, 9.17) is 23.2 Å². The zero-order valence-electron chi connectivity index (χ0n) is 6.43. The van der Waals surface area contributed by atoms with Crippen LogP contribution in [0.3, 0.4) is 0 Å². The number of rotatable bonds is 2. The Morgan fingerprint density at radius 1 is 1.46 bits per heavy atom. The minimum absolute atomic E-state index is 0.245. The second kappa shape index (κ2) is 4.40. The van der Waals surface area contributed by atoms with Crippen LogP contribution in [-0.4, -0.2) is 5.24 Å². The second-order valence-electron chi connectivity index (χ2n) is 2.30. The maximum atomic E-state index is 12.5. The lowest BCUT2D eigenvalue weighted by Gasteiger charge is -1.96. The number of allylic oxidation sites excluding steroid dienone is 1. The quantitative estimate of drug-likeness (QED) is 0.551. The first-order chi connectivity index (χ1) is 6.09. The minimum Gasteiger partial charge on any atom is -0.276 e. The van der Waals surface area contributed by atoms with Gasteiger partial charge in [0.1, 0.15) is 5.82 Å². The van der Waals surface area contributed by atoms with Crippen LogP contribution >= 0.6 is 23.2 Å². The molecule has 0 saturated heterocycles. The number of carbonyl (C=O) groups is 1. The number of benzene rings is 1. The summed E-state index contributed by atoms with van der Waals surface area (Å²) < 4.78 is 12.5. The van der Waals surface area contributed by atoms with E-state index in [1.807, 2.05) is 0 Å². The van der Waals surface area contributed by atoms with Crippen LogP contribution in [0.2, 0.25) is 5.02 Å². The van der Waals surface area contributed by atoms with Crippen molar-refractivity contribution < 1.29 is 9.18 Å². The average molecular weight is 219 g/mol. The van der Waals surface area contributed by atoms with Crippen molar-refractivity contribution in [3.05, 3.63) is 40.7 Å². The van der Waals surface area contributed by atoms with E-state index in [1.54, 1.807) is 0 Å². The Labute approximate surface area is 84.8 Å². The summed E-state index contributed by atoms with van der Waals surface area (Å²) in [4.78, 5) is 10.4. The van der Waals surface area contributed by atoms with Crippen LogP contribution in [0.15, 0.2) is 24.3 Å². The van der Waals surface area contributed by atoms with Crippen LogP contribution in [0.1, 0.15) is 5.56 Å². The smallest absolute Gasteiger partial charge is 0.245 e. The summed E-state index contributed by atoms with van der Waals surface area (Å²) in [5.74, 6) is -0.417. The maximum Gasteiger partial charge on any atom is 0.245 e. The van der Waals surface area contributed by atoms with E-state index >= 15 is 0 Å². The Morgan fingerprint density at radius 2 is 2.15 bits per heavy atom. The molecule has 0 bridgehead atoms. The normalized spacial score (nSPS) is 10.7. The van der Waals surface area contributed by atoms with Gasteiger partial charge in [-0.05, 0) is 41.4 Å². The molecule has 0 radical (unpaired) electrons. The van der Waals surface area contributed by atoms with E-state index in [2.05, 4.69) is 0 Å². The van der Waals surface area contributed by atoms with E-state index < -0.39 is 11.1 Å². The molecule has 1 rings (SSSR count). The SMILES string of the molecule is O=C(Cl)/C=C\c1ccc(F)cc1Cl. The molecule has 0 heterocycles. The van der Waals surface area contributed by atoms with Gasteiger partial charge in [-0.1, -0.05) is 17.7 Å². The van der Waals surface area contributed by atoms with Gasteiger partial charge in [-0.2, -0.15) is 0 Å². The molecule has 68 valence electrons. The third kappa shape index (κ3) is 3.17. The molecule has 0 aliphatic carbocycles. The first kappa shape index (κ1) is 10.2. The maximum absolute atomic E-state index is 12.5. The fourth-order valence-electron chi connectivity index (χ4n) is 0.792. The Bertz CT molecular complexity index is 361. The van der Waals surface area contributed by atoms with Crippen molar-refractivity contribution in [1.82, 2.24) is 0 Å². The third-order valence-electron chi connectivity index (χ3n) is 1.36. The topological polar surface area (TPSA) is 17.1 Å². The Balaban J connectivity index is 2.96. The molecule has 0 atom stereocenters. The molecule has 0 aliphatic rings. The van der Waals surface area contributed by atoms with Gasteiger partial charge in [0.15, 0.2) is 0 Å². The highest BCUT2D eigenvalue weighted by molar-refractivity contribution is 6.66. The highest BCUT2D eigenvalue weighted by Gasteiger charge is 1.98. The molecule has 0 saturated carbocycles. The molecule has 1 nitrogen and oxygen atoms in total. The van der Waals surface area contributed by atoms with Crippen LogP contribution in [0.5, 0.6) is 0 Å². The summed E-state index contributed by atoms with van der Waals surface area (Å²) in [5.41, 5.74) is 0.553. The lowest BCUT2D eigenvalue weighted by atomic mass is 10.2. The lowest BCUT2D eigenvalue weighted by molar-refractivity contribution is -0.107. The molecule has 0 aliphatic heterocycles. The number of hydrogen-bond donors (Lipinski definition) is 0. The molecule has 0 aromatic heterocycles. The highest BCUT2D eigenvalue weighted by atomic mass is 35.5. The van der Waals surface area contributed by atoms with Gasteiger partial charge in [-0.3, -0.25) is 4.79 Å². The van der Waals surface area contributed by atoms with E-state index in [0.717, 1.165) is 6.08 Å². The fourth-order valence-corrected chi connectivity index (χ4v) is 1.09. The number of halogens is 3. The van der Waals surface area contributed by atoms with E-state index in [-0.39, 0.29) is 5.02 Å². The van der Waals surface area contributed by atoms with Crippen molar-refractivity contribution >= 4 is 34.5 Å². The lowest BCUT2D eigenvalue weighted by Crippen LogP contribution is -1.80. The third-order valence-corrected chi connectivity index (χ3v) is 1.81. The van der Waals surface area contributed by atoms with Crippen LogP contribution in [0.4, 0.5) is 4.39 Å². The Morgan fingerprint density at radius 3 is 2.69 bits per heavy atom. The van der Waals surface area contributed by atoms with Crippen molar-refractivity contribution in [3.63, 3.8) is 0 Å². The summed E-state index contributed by atoms with van der Waals surface area (Å²) in [6.07, 6.45) is 2.58. The highest BCUT2D eigenvalue weighted by Crippen LogP contribution is 2.18.